The molecule has 3 rings (SSSR count). The van der Waals surface area contributed by atoms with Crippen molar-refractivity contribution in [2.24, 2.45) is 17.3 Å². The van der Waals surface area contributed by atoms with E-state index in [2.05, 4.69) is 83.2 Å². The summed E-state index contributed by atoms with van der Waals surface area (Å²) in [5, 5.41) is 0. The Bertz CT molecular complexity index is 537. The number of allylic oxidation sites excluding steroid dienone is 11. The Labute approximate surface area is 183 Å². The normalized spacial score (nSPS) is 23.0. The van der Waals surface area contributed by atoms with Gasteiger partial charge < -0.3 is 0 Å². The molecule has 1 fully saturated rings. The van der Waals surface area contributed by atoms with Gasteiger partial charge in [-0.3, -0.25) is 0 Å². The van der Waals surface area contributed by atoms with E-state index in [4.69, 9.17) is 0 Å². The molecule has 164 valence electrons. The van der Waals surface area contributed by atoms with Gasteiger partial charge in [0.25, 0.3) is 0 Å². The maximum atomic E-state index is 4.09. The molecule has 0 aliphatic heterocycles. The zero-order valence-corrected chi connectivity index (χ0v) is 20.5. The second-order valence-corrected chi connectivity index (χ2v) is 7.00. The van der Waals surface area contributed by atoms with Crippen molar-refractivity contribution in [3.63, 3.8) is 0 Å². The van der Waals surface area contributed by atoms with Crippen molar-refractivity contribution in [1.82, 2.24) is 0 Å². The molecule has 0 aromatic rings. The van der Waals surface area contributed by atoms with Crippen molar-refractivity contribution < 1.29 is 0 Å². The van der Waals surface area contributed by atoms with Crippen LogP contribution < -0.4 is 0 Å². The molecule has 1 saturated carbocycles. The second kappa shape index (κ2) is 20.6. The quantitative estimate of drug-likeness (QED) is 0.329. The van der Waals surface area contributed by atoms with E-state index in [1.54, 1.807) is 18.2 Å². The molecule has 0 saturated heterocycles. The standard InChI is InChI=1S/C11H16.C5H6.C5H8.C4H6.2C2H6/c1-8(2)11(3)7-9-4-5-10(11)6-9;1-2-4-5-3-1;1-4-5(2)3;1-3-4-2;2*1-2/h4-5,9-10H,1,6-7H2,2-3H3;1-4H,5H2;4H,1-2H2,3H3;3-4H,1-2H2;2*1-2H3. The fraction of sp³-hybridized carbons (Fsp3) is 0.448. The van der Waals surface area contributed by atoms with Gasteiger partial charge in [0.2, 0.25) is 0 Å². The first-order valence-electron chi connectivity index (χ1n) is 11.0. The van der Waals surface area contributed by atoms with Crippen LogP contribution in [0.5, 0.6) is 0 Å². The van der Waals surface area contributed by atoms with E-state index in [0.29, 0.717) is 5.41 Å². The first-order valence-corrected chi connectivity index (χ1v) is 11.0. The van der Waals surface area contributed by atoms with Crippen LogP contribution >= 0.6 is 0 Å². The minimum absolute atomic E-state index is 0.430. The molecular weight excluding hydrogens is 348 g/mol. The lowest BCUT2D eigenvalue weighted by atomic mass is 9.73. The summed E-state index contributed by atoms with van der Waals surface area (Å²) in [6, 6.07) is 0. The average Bonchev–Trinajstić information content (AvgIpc) is 3.51. The first-order chi connectivity index (χ1) is 13.8. The molecule has 3 unspecified atom stereocenters. The van der Waals surface area contributed by atoms with E-state index in [-0.39, 0.29) is 0 Å². The van der Waals surface area contributed by atoms with E-state index < -0.39 is 0 Å². The van der Waals surface area contributed by atoms with E-state index in [1.807, 2.05) is 34.6 Å². The molecule has 0 heterocycles. The maximum Gasteiger partial charge on any atom is -0.00533 e. The summed E-state index contributed by atoms with van der Waals surface area (Å²) in [6.45, 7) is 32.3. The van der Waals surface area contributed by atoms with Crippen LogP contribution in [0.2, 0.25) is 0 Å². The second-order valence-electron chi connectivity index (χ2n) is 7.00. The number of hydrogen-bond donors (Lipinski definition) is 0. The lowest BCUT2D eigenvalue weighted by molar-refractivity contribution is 0.329. The molecular formula is C29H48. The van der Waals surface area contributed by atoms with E-state index in [1.165, 1.54) is 18.4 Å². The maximum absolute atomic E-state index is 4.09. The van der Waals surface area contributed by atoms with Crippen LogP contribution in [0.15, 0.2) is 98.7 Å². The van der Waals surface area contributed by atoms with Crippen LogP contribution in [0.4, 0.5) is 0 Å². The molecule has 0 aromatic heterocycles. The molecule has 0 radical (unpaired) electrons. The number of rotatable bonds is 3. The monoisotopic (exact) mass is 396 g/mol. The molecule has 3 aliphatic rings. The highest BCUT2D eigenvalue weighted by molar-refractivity contribution is 5.23. The lowest BCUT2D eigenvalue weighted by Gasteiger charge is -2.31. The predicted octanol–water partition coefficient (Wildman–Crippen LogP) is 9.83. The third-order valence-electron chi connectivity index (χ3n) is 4.82. The Morgan fingerprint density at radius 2 is 1.34 bits per heavy atom. The SMILES string of the molecule is C1=CCC=C1.C=C(C)C1(C)CC2C=CC1C2.C=CC(=C)C.C=CC=C.CC.CC. The smallest absolute Gasteiger partial charge is 0.00533 e. The number of fused-ring (bicyclic) bond motifs is 2. The summed E-state index contributed by atoms with van der Waals surface area (Å²) in [7, 11) is 0. The van der Waals surface area contributed by atoms with Crippen LogP contribution in [-0.2, 0) is 0 Å². The van der Waals surface area contributed by atoms with E-state index in [9.17, 15) is 0 Å². The molecule has 0 nitrogen and oxygen atoms in total. The molecule has 0 heteroatoms. The third-order valence-corrected chi connectivity index (χ3v) is 4.82. The summed E-state index contributed by atoms with van der Waals surface area (Å²) >= 11 is 0. The Morgan fingerprint density at radius 1 is 0.897 bits per heavy atom. The molecule has 0 spiro atoms. The van der Waals surface area contributed by atoms with Crippen LogP contribution in [-0.4, -0.2) is 0 Å². The van der Waals surface area contributed by atoms with Crippen molar-refractivity contribution >= 4 is 0 Å². The Hall–Kier alpha value is -2.08. The number of hydrogen-bond acceptors (Lipinski definition) is 0. The van der Waals surface area contributed by atoms with Gasteiger partial charge in [0.1, 0.15) is 0 Å². The fourth-order valence-corrected chi connectivity index (χ4v) is 2.98. The van der Waals surface area contributed by atoms with Gasteiger partial charge in [-0.25, -0.2) is 0 Å². The fourth-order valence-electron chi connectivity index (χ4n) is 2.98. The van der Waals surface area contributed by atoms with Crippen molar-refractivity contribution in [2.45, 2.75) is 67.7 Å². The summed E-state index contributed by atoms with van der Waals surface area (Å²) in [4.78, 5) is 0. The minimum Gasteiger partial charge on any atom is -0.0996 e. The summed E-state index contributed by atoms with van der Waals surface area (Å²) < 4.78 is 0. The minimum atomic E-state index is 0.430. The highest BCUT2D eigenvalue weighted by atomic mass is 14.5. The third kappa shape index (κ3) is 14.6. The molecule has 0 aromatic carbocycles. The van der Waals surface area contributed by atoms with Crippen LogP contribution in [0.25, 0.3) is 0 Å². The average molecular weight is 397 g/mol. The van der Waals surface area contributed by atoms with Crippen LogP contribution in [0.3, 0.4) is 0 Å². The molecule has 0 N–H and O–H groups in total. The van der Waals surface area contributed by atoms with Gasteiger partial charge in [0.05, 0.1) is 0 Å². The van der Waals surface area contributed by atoms with Gasteiger partial charge in [-0.1, -0.05) is 133 Å². The highest BCUT2D eigenvalue weighted by Crippen LogP contribution is 2.54. The molecule has 0 amide bonds. The van der Waals surface area contributed by atoms with Crippen molar-refractivity contribution in [2.75, 3.05) is 0 Å². The first kappa shape index (κ1) is 31.6. The van der Waals surface area contributed by atoms with Gasteiger partial charge in [-0.15, -0.1) is 0 Å². The predicted molar refractivity (Wildman–Crippen MR) is 139 cm³/mol. The van der Waals surface area contributed by atoms with Gasteiger partial charge in [-0.2, -0.15) is 0 Å². The Kier molecular flexibility index (Phi) is 22.5. The Morgan fingerprint density at radius 3 is 1.48 bits per heavy atom. The lowest BCUT2D eigenvalue weighted by Crippen LogP contribution is -2.22. The van der Waals surface area contributed by atoms with Crippen molar-refractivity contribution in [3.05, 3.63) is 98.7 Å². The summed E-state index contributed by atoms with van der Waals surface area (Å²) in [6.07, 6.45) is 22.0. The van der Waals surface area contributed by atoms with E-state index >= 15 is 0 Å². The van der Waals surface area contributed by atoms with Crippen LogP contribution in [0, 0.1) is 17.3 Å². The van der Waals surface area contributed by atoms with Gasteiger partial charge >= 0.3 is 0 Å². The van der Waals surface area contributed by atoms with Gasteiger partial charge in [-0.05, 0) is 50.4 Å². The largest absolute Gasteiger partial charge is 0.0996 e. The van der Waals surface area contributed by atoms with Crippen LogP contribution in [0.1, 0.15) is 67.7 Å². The molecule has 3 aliphatic carbocycles. The molecule has 29 heavy (non-hydrogen) atoms. The highest BCUT2D eigenvalue weighted by Gasteiger charge is 2.45. The van der Waals surface area contributed by atoms with Gasteiger partial charge in [0.15, 0.2) is 0 Å². The zero-order valence-electron chi connectivity index (χ0n) is 20.5. The molecule has 3 atom stereocenters. The summed E-state index contributed by atoms with van der Waals surface area (Å²) in [5.74, 6) is 1.66. The van der Waals surface area contributed by atoms with Crippen molar-refractivity contribution in [3.8, 4) is 0 Å². The summed E-state index contributed by atoms with van der Waals surface area (Å²) in [5.41, 5.74) is 2.82. The van der Waals surface area contributed by atoms with Gasteiger partial charge in [0, 0.05) is 0 Å². The molecule has 2 bridgehead atoms. The Balaban J connectivity index is -0.000000321. The topological polar surface area (TPSA) is 0 Å². The van der Waals surface area contributed by atoms with Crippen molar-refractivity contribution in [1.29, 1.82) is 0 Å². The van der Waals surface area contributed by atoms with E-state index in [0.717, 1.165) is 23.8 Å². The zero-order chi connectivity index (χ0) is 23.3.